The summed E-state index contributed by atoms with van der Waals surface area (Å²) in [5, 5.41) is 11.1. The van der Waals surface area contributed by atoms with Crippen LogP contribution >= 0.6 is 0 Å². The topological polar surface area (TPSA) is 36.8 Å². The van der Waals surface area contributed by atoms with Crippen molar-refractivity contribution in [3.05, 3.63) is 192 Å². The minimum atomic E-state index is -0.712. The number of allylic oxidation sites excluding steroid dienone is 2. The summed E-state index contributed by atoms with van der Waals surface area (Å²) in [6.07, 6.45) is 13.7. The third kappa shape index (κ3) is 5.77. The maximum absolute atomic E-state index is 4.93. The first-order valence-electron chi connectivity index (χ1n) is 16.7. The lowest BCUT2D eigenvalue weighted by atomic mass is 9.77. The zero-order chi connectivity index (χ0) is 33.0. The molecule has 1 heterocycles. The van der Waals surface area contributed by atoms with Gasteiger partial charge < -0.3 is 5.32 Å². The molecule has 0 radical (unpaired) electrons. The normalized spacial score (nSPS) is 16.3. The van der Waals surface area contributed by atoms with Crippen molar-refractivity contribution >= 4 is 56.6 Å². The van der Waals surface area contributed by atoms with E-state index in [-0.39, 0.29) is 0 Å². The van der Waals surface area contributed by atoms with Crippen molar-refractivity contribution in [2.75, 3.05) is 0 Å². The number of hydrogen-bond acceptors (Lipinski definition) is 3. The number of nitrogens with one attached hydrogen (secondary N) is 1. The molecule has 1 unspecified atom stereocenters. The Morgan fingerprint density at radius 1 is 0.612 bits per heavy atom. The molecule has 0 saturated carbocycles. The van der Waals surface area contributed by atoms with Gasteiger partial charge in [0.05, 0.1) is 12.0 Å². The van der Waals surface area contributed by atoms with E-state index in [1.165, 1.54) is 43.4 Å². The average Bonchev–Trinajstić information content (AvgIpc) is 3.17. The highest BCUT2D eigenvalue weighted by atomic mass is 15.0. The Balaban J connectivity index is 1.34. The molecule has 7 aromatic carbocycles. The molecule has 8 rings (SSSR count). The summed E-state index contributed by atoms with van der Waals surface area (Å²) in [7, 11) is 0. The molecule has 49 heavy (non-hydrogen) atoms. The van der Waals surface area contributed by atoms with E-state index in [4.69, 9.17) is 4.99 Å². The van der Waals surface area contributed by atoms with Crippen LogP contribution in [0.4, 0.5) is 0 Å². The van der Waals surface area contributed by atoms with Crippen LogP contribution in [0.25, 0.3) is 55.2 Å². The van der Waals surface area contributed by atoms with Gasteiger partial charge in [0.15, 0.2) is 0 Å². The summed E-state index contributed by atoms with van der Waals surface area (Å²) in [6.45, 7) is 1.98. The Bertz CT molecular complexity index is 2500. The summed E-state index contributed by atoms with van der Waals surface area (Å²) in [5.74, 6) is 0. The summed E-state index contributed by atoms with van der Waals surface area (Å²) in [6, 6.07) is 52.4. The van der Waals surface area contributed by atoms with Crippen LogP contribution in [-0.4, -0.2) is 12.6 Å². The molecule has 0 saturated heterocycles. The van der Waals surface area contributed by atoms with Gasteiger partial charge in [0, 0.05) is 18.0 Å². The van der Waals surface area contributed by atoms with Crippen LogP contribution < -0.4 is 5.32 Å². The number of hydrogen-bond donors (Lipinski definition) is 1. The second-order valence-electron chi connectivity index (χ2n) is 12.3. The molecule has 1 aliphatic heterocycles. The van der Waals surface area contributed by atoms with Crippen LogP contribution in [0.1, 0.15) is 29.2 Å². The highest BCUT2D eigenvalue weighted by molar-refractivity contribution is 6.10. The Kier molecular flexibility index (Phi) is 8.01. The summed E-state index contributed by atoms with van der Waals surface area (Å²) in [4.78, 5) is 9.29. The van der Waals surface area contributed by atoms with Gasteiger partial charge in [-0.3, -0.25) is 4.99 Å². The predicted octanol–water partition coefficient (Wildman–Crippen LogP) is 11.3. The molecule has 0 bridgehead atoms. The molecule has 1 aliphatic rings. The minimum Gasteiger partial charge on any atom is -0.359 e. The molecule has 7 aromatic rings. The van der Waals surface area contributed by atoms with Gasteiger partial charge in [-0.1, -0.05) is 127 Å². The van der Waals surface area contributed by atoms with Crippen LogP contribution in [0.2, 0.25) is 0 Å². The zero-order valence-electron chi connectivity index (χ0n) is 27.3. The number of nitrogens with zero attached hydrogens (tertiary/aromatic N) is 2. The average molecular weight is 630 g/mol. The van der Waals surface area contributed by atoms with Crippen molar-refractivity contribution in [1.29, 1.82) is 0 Å². The SMILES string of the molecule is C\C=C/C=N\C=C\c1cccc(C2=CC(c3cccc(-c4ccc5ccccc5c4)c3)(c3cc4ccccc4c4ccccc34)NC=N2)c1. The van der Waals surface area contributed by atoms with E-state index >= 15 is 0 Å². The molecule has 0 spiro atoms. The standard InChI is InChI=1S/C46H35N3/c1-2-3-25-47-26-24-33-12-10-17-39(27-33)45-31-46(49-32-48-45,44-30-38-15-6-7-19-41(38)42-20-8-9-21-43(42)44)40-18-11-16-36(29-40)37-23-22-34-13-4-5-14-35(34)28-37/h2-32H,1H3,(H,48,49)/b3-2-,26-24+,47-25-. The van der Waals surface area contributed by atoms with Crippen molar-refractivity contribution in [3.8, 4) is 11.1 Å². The third-order valence-electron chi connectivity index (χ3n) is 9.34. The van der Waals surface area contributed by atoms with Gasteiger partial charge in [0.2, 0.25) is 0 Å². The molecule has 0 fully saturated rings. The highest BCUT2D eigenvalue weighted by Gasteiger charge is 2.36. The van der Waals surface area contributed by atoms with Gasteiger partial charge in [-0.05, 0) is 110 Å². The lowest BCUT2D eigenvalue weighted by Crippen LogP contribution is -2.43. The molecule has 0 aromatic heterocycles. The number of rotatable bonds is 7. The quantitative estimate of drug-likeness (QED) is 0.138. The van der Waals surface area contributed by atoms with E-state index in [9.17, 15) is 0 Å². The summed E-state index contributed by atoms with van der Waals surface area (Å²) >= 11 is 0. The molecule has 1 N–H and O–H groups in total. The van der Waals surface area contributed by atoms with Crippen LogP contribution in [0.15, 0.2) is 180 Å². The van der Waals surface area contributed by atoms with Crippen LogP contribution in [0, 0.1) is 0 Å². The number of aliphatic imine (C=N–C) groups is 2. The molecule has 0 amide bonds. The first kappa shape index (κ1) is 30.0. The van der Waals surface area contributed by atoms with E-state index in [0.717, 1.165) is 28.0 Å². The Labute approximate surface area is 287 Å². The number of benzene rings is 7. The predicted molar refractivity (Wildman–Crippen MR) is 210 cm³/mol. The molecule has 1 atom stereocenters. The first-order valence-corrected chi connectivity index (χ1v) is 16.7. The Hall–Kier alpha value is -6.32. The van der Waals surface area contributed by atoms with Crippen molar-refractivity contribution in [2.45, 2.75) is 12.5 Å². The molecular weight excluding hydrogens is 595 g/mol. The maximum Gasteiger partial charge on any atom is 0.110 e. The lowest BCUT2D eigenvalue weighted by molar-refractivity contribution is 0.606. The Morgan fingerprint density at radius 3 is 2.22 bits per heavy atom. The largest absolute Gasteiger partial charge is 0.359 e. The minimum absolute atomic E-state index is 0.712. The summed E-state index contributed by atoms with van der Waals surface area (Å²) < 4.78 is 0. The molecule has 3 heteroatoms. The zero-order valence-corrected chi connectivity index (χ0v) is 27.3. The Morgan fingerprint density at radius 2 is 1.35 bits per heavy atom. The van der Waals surface area contributed by atoms with Gasteiger partial charge >= 0.3 is 0 Å². The first-order chi connectivity index (χ1) is 24.2. The van der Waals surface area contributed by atoms with E-state index < -0.39 is 5.54 Å². The van der Waals surface area contributed by atoms with Gasteiger partial charge in [-0.15, -0.1) is 0 Å². The monoisotopic (exact) mass is 629 g/mol. The molecule has 3 nitrogen and oxygen atoms in total. The third-order valence-corrected chi connectivity index (χ3v) is 9.34. The summed E-state index contributed by atoms with van der Waals surface area (Å²) in [5.41, 5.74) is 6.95. The highest BCUT2D eigenvalue weighted by Crippen LogP contribution is 2.43. The second kappa shape index (κ2) is 13.1. The van der Waals surface area contributed by atoms with Crippen LogP contribution in [-0.2, 0) is 5.54 Å². The second-order valence-corrected chi connectivity index (χ2v) is 12.3. The lowest BCUT2D eigenvalue weighted by Gasteiger charge is -2.36. The molecule has 234 valence electrons. The van der Waals surface area contributed by atoms with Gasteiger partial charge in [0.1, 0.15) is 5.54 Å². The maximum atomic E-state index is 4.93. The van der Waals surface area contributed by atoms with Crippen LogP contribution in [0.5, 0.6) is 0 Å². The fourth-order valence-electron chi connectivity index (χ4n) is 6.93. The molecular formula is C46H35N3. The number of fused-ring (bicyclic) bond motifs is 4. The smallest absolute Gasteiger partial charge is 0.110 e. The van der Waals surface area contributed by atoms with Crippen molar-refractivity contribution in [2.24, 2.45) is 9.98 Å². The fraction of sp³-hybridized carbons (Fsp3) is 0.0435. The fourth-order valence-corrected chi connectivity index (χ4v) is 6.93. The van der Waals surface area contributed by atoms with Crippen molar-refractivity contribution in [1.82, 2.24) is 5.32 Å². The van der Waals surface area contributed by atoms with E-state index in [0.29, 0.717) is 0 Å². The van der Waals surface area contributed by atoms with Gasteiger partial charge in [-0.2, -0.15) is 0 Å². The van der Waals surface area contributed by atoms with E-state index in [1.807, 2.05) is 37.7 Å². The van der Waals surface area contributed by atoms with E-state index in [1.54, 1.807) is 6.21 Å². The van der Waals surface area contributed by atoms with Crippen molar-refractivity contribution < 1.29 is 0 Å². The van der Waals surface area contributed by atoms with Gasteiger partial charge in [0.25, 0.3) is 0 Å². The van der Waals surface area contributed by atoms with Gasteiger partial charge in [-0.25, -0.2) is 4.99 Å². The van der Waals surface area contributed by atoms with Crippen molar-refractivity contribution in [3.63, 3.8) is 0 Å². The molecule has 0 aliphatic carbocycles. The van der Waals surface area contributed by atoms with E-state index in [2.05, 4.69) is 162 Å². The van der Waals surface area contributed by atoms with Crippen LogP contribution in [0.3, 0.4) is 0 Å².